The number of ether oxygens (including phenoxy) is 2. The number of nitrogens with zero attached hydrogens (tertiary/aromatic N) is 1. The molecular formula is C17H23F2N3O4. The van der Waals surface area contributed by atoms with Crippen molar-refractivity contribution < 1.29 is 27.8 Å². The Labute approximate surface area is 150 Å². The van der Waals surface area contributed by atoms with Gasteiger partial charge >= 0.3 is 0 Å². The van der Waals surface area contributed by atoms with E-state index in [-0.39, 0.29) is 19.1 Å². The van der Waals surface area contributed by atoms with Gasteiger partial charge in [-0.05, 0) is 17.7 Å². The second kappa shape index (κ2) is 8.31. The lowest BCUT2D eigenvalue weighted by atomic mass is 10.1. The molecule has 1 aliphatic rings. The van der Waals surface area contributed by atoms with Crippen LogP contribution in [0.5, 0.6) is 11.5 Å². The summed E-state index contributed by atoms with van der Waals surface area (Å²) in [6.45, 7) is -0.451. The van der Waals surface area contributed by atoms with E-state index in [2.05, 4.69) is 10.6 Å². The summed E-state index contributed by atoms with van der Waals surface area (Å²) < 4.78 is 37.0. The zero-order valence-corrected chi connectivity index (χ0v) is 15.0. The number of carbonyl (C=O) groups excluding carboxylic acids is 2. The van der Waals surface area contributed by atoms with Crippen LogP contribution in [-0.2, 0) is 16.1 Å². The highest BCUT2D eigenvalue weighted by molar-refractivity contribution is 5.82. The number of nitrogens with one attached hydrogen (secondary N) is 2. The number of benzene rings is 1. The summed E-state index contributed by atoms with van der Waals surface area (Å²) in [7, 11) is 4.72. The first-order valence-electron chi connectivity index (χ1n) is 8.10. The molecule has 0 aliphatic carbocycles. The van der Waals surface area contributed by atoms with E-state index >= 15 is 0 Å². The van der Waals surface area contributed by atoms with Crippen molar-refractivity contribution in [3.05, 3.63) is 23.8 Å². The third-order valence-corrected chi connectivity index (χ3v) is 3.97. The van der Waals surface area contributed by atoms with Gasteiger partial charge in [0.05, 0.1) is 19.7 Å². The third kappa shape index (κ3) is 5.29. The van der Waals surface area contributed by atoms with E-state index in [1.165, 1.54) is 12.0 Å². The van der Waals surface area contributed by atoms with Crippen LogP contribution in [0.1, 0.15) is 12.0 Å². The molecule has 1 aromatic carbocycles. The van der Waals surface area contributed by atoms with Crippen molar-refractivity contribution in [3.63, 3.8) is 0 Å². The van der Waals surface area contributed by atoms with Crippen molar-refractivity contribution in [2.24, 2.45) is 0 Å². The van der Waals surface area contributed by atoms with Crippen LogP contribution >= 0.6 is 0 Å². The number of amides is 2. The van der Waals surface area contributed by atoms with Gasteiger partial charge in [0.15, 0.2) is 18.1 Å². The Hall–Kier alpha value is -2.42. The Kier molecular flexibility index (Phi) is 6.36. The van der Waals surface area contributed by atoms with Crippen LogP contribution in [-0.4, -0.2) is 63.0 Å². The Morgan fingerprint density at radius 2 is 2.08 bits per heavy atom. The van der Waals surface area contributed by atoms with Gasteiger partial charge in [-0.3, -0.25) is 14.9 Å². The standard InChI is InChI=1S/C17H23F2N3O4/c1-22(2)15(23)9-26-13-5-4-11(6-14(13)25-3)8-20-16(24)12-7-17(18,19)10-21-12/h4-6,12,21H,7-10H2,1-3H3,(H,20,24). The molecule has 0 spiro atoms. The van der Waals surface area contributed by atoms with Crippen LogP contribution < -0.4 is 20.1 Å². The lowest BCUT2D eigenvalue weighted by Crippen LogP contribution is -2.40. The Balaban J connectivity index is 1.92. The molecule has 1 saturated heterocycles. The van der Waals surface area contributed by atoms with Gasteiger partial charge in [-0.15, -0.1) is 0 Å². The fourth-order valence-electron chi connectivity index (χ4n) is 2.42. The molecule has 0 aromatic heterocycles. The number of likely N-dealkylation sites (N-methyl/N-ethyl adjacent to an activating group) is 1. The number of rotatable bonds is 7. The number of hydrogen-bond donors (Lipinski definition) is 2. The smallest absolute Gasteiger partial charge is 0.262 e. The van der Waals surface area contributed by atoms with Crippen LogP contribution in [0.2, 0.25) is 0 Å². The lowest BCUT2D eigenvalue weighted by Gasteiger charge is -2.15. The minimum absolute atomic E-state index is 0.124. The first-order valence-corrected chi connectivity index (χ1v) is 8.10. The van der Waals surface area contributed by atoms with Crippen LogP contribution in [0.4, 0.5) is 8.78 Å². The summed E-state index contributed by atoms with van der Waals surface area (Å²) in [5.41, 5.74) is 0.714. The summed E-state index contributed by atoms with van der Waals surface area (Å²) in [5, 5.41) is 5.13. The van der Waals surface area contributed by atoms with Crippen LogP contribution in [0.3, 0.4) is 0 Å². The second-order valence-corrected chi connectivity index (χ2v) is 6.27. The number of hydrogen-bond acceptors (Lipinski definition) is 5. The molecule has 1 unspecified atom stereocenters. The average Bonchev–Trinajstić information content (AvgIpc) is 2.97. The molecule has 26 heavy (non-hydrogen) atoms. The van der Waals surface area contributed by atoms with E-state index in [1.807, 2.05) is 0 Å². The van der Waals surface area contributed by atoms with E-state index in [9.17, 15) is 18.4 Å². The van der Waals surface area contributed by atoms with Crippen molar-refractivity contribution in [3.8, 4) is 11.5 Å². The fraction of sp³-hybridized carbons (Fsp3) is 0.529. The molecule has 1 atom stereocenters. The molecule has 1 heterocycles. The van der Waals surface area contributed by atoms with Gasteiger partial charge in [-0.1, -0.05) is 6.07 Å². The Morgan fingerprint density at radius 3 is 2.65 bits per heavy atom. The normalized spacial score (nSPS) is 18.3. The maximum absolute atomic E-state index is 13.1. The lowest BCUT2D eigenvalue weighted by molar-refractivity contribution is -0.130. The first kappa shape index (κ1) is 19.9. The molecular weight excluding hydrogens is 348 g/mol. The van der Waals surface area contributed by atoms with E-state index in [1.54, 1.807) is 32.3 Å². The largest absolute Gasteiger partial charge is 0.493 e. The number of halogens is 2. The van der Waals surface area contributed by atoms with Gasteiger partial charge < -0.3 is 19.7 Å². The predicted octanol–water partition coefficient (Wildman–Crippen LogP) is 0.776. The molecule has 2 amide bonds. The monoisotopic (exact) mass is 371 g/mol. The fourth-order valence-corrected chi connectivity index (χ4v) is 2.42. The van der Waals surface area contributed by atoms with Crippen molar-refractivity contribution >= 4 is 11.8 Å². The first-order chi connectivity index (χ1) is 12.2. The molecule has 2 N–H and O–H groups in total. The summed E-state index contributed by atoms with van der Waals surface area (Å²) in [6, 6.07) is 4.10. The van der Waals surface area contributed by atoms with Crippen LogP contribution in [0, 0.1) is 0 Å². The number of methoxy groups -OCH3 is 1. The van der Waals surface area contributed by atoms with Crippen LogP contribution in [0.15, 0.2) is 18.2 Å². The van der Waals surface area contributed by atoms with Gasteiger partial charge in [-0.2, -0.15) is 0 Å². The number of carbonyl (C=O) groups is 2. The summed E-state index contributed by atoms with van der Waals surface area (Å²) in [5.74, 6) is -2.71. The highest BCUT2D eigenvalue weighted by Gasteiger charge is 2.42. The molecule has 0 saturated carbocycles. The van der Waals surface area contributed by atoms with Gasteiger partial charge in [0.1, 0.15) is 0 Å². The summed E-state index contributed by atoms with van der Waals surface area (Å²) >= 11 is 0. The molecule has 1 aromatic rings. The molecule has 0 bridgehead atoms. The van der Waals surface area contributed by atoms with Crippen LogP contribution in [0.25, 0.3) is 0 Å². The highest BCUT2D eigenvalue weighted by Crippen LogP contribution is 2.28. The maximum atomic E-state index is 13.1. The van der Waals surface area contributed by atoms with Crippen molar-refractivity contribution in [1.29, 1.82) is 0 Å². The SMILES string of the molecule is COc1cc(CNC(=O)C2CC(F)(F)CN2)ccc1OCC(=O)N(C)C. The Morgan fingerprint density at radius 1 is 1.35 bits per heavy atom. The van der Waals surface area contributed by atoms with Crippen molar-refractivity contribution in [2.45, 2.75) is 24.9 Å². The summed E-state index contributed by atoms with van der Waals surface area (Å²) in [4.78, 5) is 25.0. The Bertz CT molecular complexity index is 667. The summed E-state index contributed by atoms with van der Waals surface area (Å²) in [6.07, 6.45) is -0.505. The van der Waals surface area contributed by atoms with Gasteiger partial charge in [0.25, 0.3) is 11.8 Å². The van der Waals surface area contributed by atoms with Gasteiger partial charge in [-0.25, -0.2) is 8.78 Å². The maximum Gasteiger partial charge on any atom is 0.262 e. The van der Waals surface area contributed by atoms with Gasteiger partial charge in [0, 0.05) is 27.1 Å². The third-order valence-electron chi connectivity index (χ3n) is 3.97. The molecule has 9 heteroatoms. The van der Waals surface area contributed by atoms with E-state index in [4.69, 9.17) is 9.47 Å². The zero-order valence-electron chi connectivity index (χ0n) is 15.0. The highest BCUT2D eigenvalue weighted by atomic mass is 19.3. The number of alkyl halides is 2. The van der Waals surface area contributed by atoms with E-state index in [0.29, 0.717) is 17.1 Å². The molecule has 2 rings (SSSR count). The molecule has 144 valence electrons. The average molecular weight is 371 g/mol. The van der Waals surface area contributed by atoms with E-state index in [0.717, 1.165) is 0 Å². The van der Waals surface area contributed by atoms with E-state index < -0.39 is 30.8 Å². The topological polar surface area (TPSA) is 79.9 Å². The van der Waals surface area contributed by atoms with Crippen molar-refractivity contribution in [2.75, 3.05) is 34.4 Å². The van der Waals surface area contributed by atoms with Crippen molar-refractivity contribution in [1.82, 2.24) is 15.5 Å². The quantitative estimate of drug-likeness (QED) is 0.740. The predicted molar refractivity (Wildman–Crippen MR) is 90.4 cm³/mol. The molecule has 1 aliphatic heterocycles. The van der Waals surface area contributed by atoms with Gasteiger partial charge in [0.2, 0.25) is 5.91 Å². The second-order valence-electron chi connectivity index (χ2n) is 6.27. The molecule has 1 fully saturated rings. The zero-order chi connectivity index (χ0) is 19.3. The minimum atomic E-state index is -2.85. The molecule has 7 nitrogen and oxygen atoms in total. The molecule has 0 radical (unpaired) electrons. The minimum Gasteiger partial charge on any atom is -0.493 e.